The van der Waals surface area contributed by atoms with Gasteiger partial charge < -0.3 is 10.7 Å². The monoisotopic (exact) mass is 206 g/mol. The van der Waals surface area contributed by atoms with Gasteiger partial charge in [0.25, 0.3) is 0 Å². The van der Waals surface area contributed by atoms with Crippen LogP contribution in [0.15, 0.2) is 29.7 Å². The lowest BCUT2D eigenvalue weighted by Gasteiger charge is -2.11. The Morgan fingerprint density at radius 3 is 2.64 bits per heavy atom. The fraction of sp³-hybridized carbons (Fsp3) is 0.200. The van der Waals surface area contributed by atoms with E-state index in [1.165, 1.54) is 11.1 Å². The summed E-state index contributed by atoms with van der Waals surface area (Å²) in [6.45, 7) is 0.791. The normalized spacial score (nSPS) is 15.1. The van der Waals surface area contributed by atoms with Crippen molar-refractivity contribution in [3.05, 3.63) is 46.1 Å². The van der Waals surface area contributed by atoms with E-state index >= 15 is 0 Å². The lowest BCUT2D eigenvalue weighted by atomic mass is 10.1. The summed E-state index contributed by atoms with van der Waals surface area (Å²) in [5.74, 6) is 0. The zero-order chi connectivity index (χ0) is 9.80. The largest absolute Gasteiger partial charge is 0.661 e. The number of hydrogen-bond donors (Lipinski definition) is 2. The first kappa shape index (κ1) is 9.58. The van der Waals surface area contributed by atoms with Gasteiger partial charge in [0, 0.05) is 5.41 Å². The molecule has 0 unspecified atom stereocenters. The molecule has 14 heavy (non-hydrogen) atoms. The molecule has 0 fully saturated rings. The van der Waals surface area contributed by atoms with Crippen molar-refractivity contribution < 1.29 is 0 Å². The topological polar surface area (TPSA) is 38.2 Å². The smallest absolute Gasteiger partial charge is 0.0645 e. The molecule has 0 aliphatic carbocycles. The lowest BCUT2D eigenvalue weighted by molar-refractivity contribution is 0.917. The standard InChI is InChI=1S/C10H12N3S/c1-11-6-8-2-4-9(5-3-8)10-7-14-13-12-10/h2-5,7,12-13H,6H2,1H3/q-1. The summed E-state index contributed by atoms with van der Waals surface area (Å²) < 4.78 is 0. The molecule has 4 heteroatoms. The Hall–Kier alpha value is -0.970. The van der Waals surface area contributed by atoms with Crippen molar-refractivity contribution in [2.45, 2.75) is 6.54 Å². The van der Waals surface area contributed by atoms with E-state index in [4.69, 9.17) is 0 Å². The third kappa shape index (κ3) is 2.09. The Morgan fingerprint density at radius 2 is 2.07 bits per heavy atom. The van der Waals surface area contributed by atoms with Crippen LogP contribution in [0, 0.1) is 0 Å². The summed E-state index contributed by atoms with van der Waals surface area (Å²) in [4.78, 5) is 2.97. The maximum atomic E-state index is 4.09. The molecule has 3 nitrogen and oxygen atoms in total. The zero-order valence-electron chi connectivity index (χ0n) is 7.95. The van der Waals surface area contributed by atoms with Crippen molar-refractivity contribution in [3.8, 4) is 0 Å². The maximum Gasteiger partial charge on any atom is 0.0645 e. The fourth-order valence-electron chi connectivity index (χ4n) is 1.31. The molecule has 74 valence electrons. The van der Waals surface area contributed by atoms with Crippen LogP contribution in [0.2, 0.25) is 0 Å². The molecule has 0 amide bonds. The van der Waals surface area contributed by atoms with E-state index in [0.717, 1.165) is 12.2 Å². The van der Waals surface area contributed by atoms with Gasteiger partial charge in [-0.1, -0.05) is 29.8 Å². The minimum atomic E-state index is 0.791. The molecule has 1 aliphatic heterocycles. The fourth-order valence-corrected chi connectivity index (χ4v) is 1.86. The molecule has 0 radical (unpaired) electrons. The van der Waals surface area contributed by atoms with Crippen molar-refractivity contribution in [1.29, 1.82) is 0 Å². The molecule has 0 atom stereocenters. The Morgan fingerprint density at radius 1 is 1.29 bits per heavy atom. The molecule has 0 bridgehead atoms. The highest BCUT2D eigenvalue weighted by Crippen LogP contribution is 2.19. The van der Waals surface area contributed by atoms with Crippen molar-refractivity contribution in [1.82, 2.24) is 10.3 Å². The van der Waals surface area contributed by atoms with Crippen LogP contribution in [-0.4, -0.2) is 7.05 Å². The summed E-state index contributed by atoms with van der Waals surface area (Å²) >= 11 is 1.55. The number of hydrazine groups is 1. The second-order valence-electron chi connectivity index (χ2n) is 3.05. The zero-order valence-corrected chi connectivity index (χ0v) is 8.77. The number of rotatable bonds is 3. The quantitative estimate of drug-likeness (QED) is 0.745. The molecule has 1 aliphatic rings. The first-order valence-corrected chi connectivity index (χ1v) is 5.30. The molecule has 0 spiro atoms. The van der Waals surface area contributed by atoms with Crippen LogP contribution in [0.25, 0.3) is 11.0 Å². The molecular weight excluding hydrogens is 194 g/mol. The van der Waals surface area contributed by atoms with E-state index in [9.17, 15) is 0 Å². The van der Waals surface area contributed by atoms with Gasteiger partial charge >= 0.3 is 0 Å². The Labute approximate surface area is 88.1 Å². The molecule has 1 heterocycles. The first-order chi connectivity index (χ1) is 6.90. The summed E-state index contributed by atoms with van der Waals surface area (Å²) in [6, 6.07) is 8.42. The van der Waals surface area contributed by atoms with E-state index in [2.05, 4.69) is 45.2 Å². The minimum Gasteiger partial charge on any atom is -0.661 e. The van der Waals surface area contributed by atoms with Crippen LogP contribution in [0.4, 0.5) is 0 Å². The van der Waals surface area contributed by atoms with E-state index in [1.807, 2.05) is 7.05 Å². The average molecular weight is 206 g/mol. The van der Waals surface area contributed by atoms with Crippen molar-refractivity contribution in [3.63, 3.8) is 0 Å². The van der Waals surface area contributed by atoms with E-state index in [0.29, 0.717) is 0 Å². The van der Waals surface area contributed by atoms with Crippen LogP contribution in [0.3, 0.4) is 0 Å². The lowest BCUT2D eigenvalue weighted by Crippen LogP contribution is -2.17. The van der Waals surface area contributed by atoms with Gasteiger partial charge in [0.1, 0.15) is 0 Å². The molecule has 2 N–H and O–H groups in total. The second kappa shape index (κ2) is 4.50. The van der Waals surface area contributed by atoms with E-state index < -0.39 is 0 Å². The van der Waals surface area contributed by atoms with Crippen LogP contribution < -0.4 is 10.3 Å². The summed E-state index contributed by atoms with van der Waals surface area (Å²) in [5, 5.41) is 6.14. The Kier molecular flexibility index (Phi) is 3.08. The molecule has 0 saturated carbocycles. The van der Waals surface area contributed by atoms with Gasteiger partial charge in [-0.3, -0.25) is 0 Å². The van der Waals surface area contributed by atoms with Gasteiger partial charge in [-0.25, -0.2) is 0 Å². The van der Waals surface area contributed by atoms with Gasteiger partial charge in [0.05, 0.1) is 5.70 Å². The van der Waals surface area contributed by atoms with Gasteiger partial charge in [-0.2, -0.15) is 11.9 Å². The average Bonchev–Trinajstić information content (AvgIpc) is 2.72. The highest BCUT2D eigenvalue weighted by molar-refractivity contribution is 8.00. The number of nitrogens with one attached hydrogen (secondary N) is 2. The maximum absolute atomic E-state index is 4.09. The highest BCUT2D eigenvalue weighted by atomic mass is 32.2. The third-order valence-corrected chi connectivity index (χ3v) is 2.60. The second-order valence-corrected chi connectivity index (χ2v) is 3.72. The van der Waals surface area contributed by atoms with Gasteiger partial charge in [0.15, 0.2) is 0 Å². The summed E-state index contributed by atoms with van der Waals surface area (Å²) in [6.07, 6.45) is 0. The van der Waals surface area contributed by atoms with Gasteiger partial charge in [-0.05, 0) is 17.5 Å². The predicted octanol–water partition coefficient (Wildman–Crippen LogP) is 2.24. The Bertz CT molecular complexity index is 332. The molecule has 2 rings (SSSR count). The number of hydrogen-bond acceptors (Lipinski definition) is 3. The van der Waals surface area contributed by atoms with Crippen molar-refractivity contribution in [2.75, 3.05) is 7.05 Å². The van der Waals surface area contributed by atoms with Gasteiger partial charge in [0.2, 0.25) is 0 Å². The SMILES string of the molecule is C[N-]Cc1ccc(C2=CSNN2)cc1. The molecular formula is C10H12N3S-. The van der Waals surface area contributed by atoms with Crippen LogP contribution in [-0.2, 0) is 6.54 Å². The first-order valence-electron chi connectivity index (χ1n) is 4.42. The molecule has 1 aromatic rings. The third-order valence-electron chi connectivity index (χ3n) is 2.03. The van der Waals surface area contributed by atoms with E-state index in [1.54, 1.807) is 11.9 Å². The van der Waals surface area contributed by atoms with Crippen LogP contribution in [0.5, 0.6) is 0 Å². The highest BCUT2D eigenvalue weighted by Gasteiger charge is 2.04. The molecule has 1 aromatic carbocycles. The van der Waals surface area contributed by atoms with Crippen molar-refractivity contribution in [2.24, 2.45) is 0 Å². The molecule has 0 aromatic heterocycles. The minimum absolute atomic E-state index is 0.791. The van der Waals surface area contributed by atoms with Gasteiger partial charge in [-0.15, -0.1) is 6.54 Å². The number of nitrogens with zero attached hydrogens (tertiary/aromatic N) is 1. The van der Waals surface area contributed by atoms with Crippen molar-refractivity contribution >= 4 is 17.6 Å². The number of benzene rings is 1. The molecule has 0 saturated heterocycles. The Balaban J connectivity index is 2.13. The predicted molar refractivity (Wildman–Crippen MR) is 61.3 cm³/mol. The summed E-state index contributed by atoms with van der Waals surface area (Å²) in [5.41, 5.74) is 6.64. The summed E-state index contributed by atoms with van der Waals surface area (Å²) in [7, 11) is 1.83. The van der Waals surface area contributed by atoms with Crippen LogP contribution >= 0.6 is 11.9 Å². The van der Waals surface area contributed by atoms with Crippen LogP contribution in [0.1, 0.15) is 11.1 Å². The van der Waals surface area contributed by atoms with E-state index in [-0.39, 0.29) is 0 Å².